The number of benzene rings is 1. The Hall–Kier alpha value is -1.64. The molecule has 0 saturated carbocycles. The number of amides is 1. The van der Waals surface area contributed by atoms with Crippen molar-refractivity contribution in [3.8, 4) is 0 Å². The highest BCUT2D eigenvalue weighted by molar-refractivity contribution is 14.1. The molecule has 7 heteroatoms. The summed E-state index contributed by atoms with van der Waals surface area (Å²) in [5.41, 5.74) is 6.52. The summed E-state index contributed by atoms with van der Waals surface area (Å²) in [5, 5.41) is 0. The van der Waals surface area contributed by atoms with E-state index < -0.39 is 23.8 Å². The quantitative estimate of drug-likeness (QED) is 0.385. The summed E-state index contributed by atoms with van der Waals surface area (Å²) in [6.45, 7) is 3.76. The fraction of sp³-hybridized carbons (Fsp3) is 0.438. The van der Waals surface area contributed by atoms with Crippen LogP contribution in [0.3, 0.4) is 0 Å². The summed E-state index contributed by atoms with van der Waals surface area (Å²) in [4.78, 5) is 35.1. The number of hydrogen-bond acceptors (Lipinski definition) is 5. The minimum absolute atomic E-state index is 0.198. The Balaban J connectivity index is 2.89. The molecule has 1 aromatic carbocycles. The molecule has 1 amide bonds. The normalized spacial score (nSPS) is 10.4. The molecule has 0 unspecified atom stereocenters. The zero-order valence-corrected chi connectivity index (χ0v) is 15.3. The fourth-order valence-corrected chi connectivity index (χ4v) is 2.64. The predicted octanol–water partition coefficient (Wildman–Crippen LogP) is 2.07. The van der Waals surface area contributed by atoms with Crippen LogP contribution in [-0.4, -0.2) is 31.1 Å². The molecule has 1 aromatic rings. The maximum Gasteiger partial charge on any atom is 0.320 e. The van der Waals surface area contributed by atoms with Gasteiger partial charge in [-0.15, -0.1) is 0 Å². The van der Waals surface area contributed by atoms with Crippen LogP contribution in [0.5, 0.6) is 0 Å². The molecule has 126 valence electrons. The van der Waals surface area contributed by atoms with Gasteiger partial charge < -0.3 is 15.2 Å². The van der Waals surface area contributed by atoms with E-state index in [4.69, 9.17) is 15.2 Å². The third kappa shape index (κ3) is 5.81. The van der Waals surface area contributed by atoms with Gasteiger partial charge in [0.05, 0.1) is 13.2 Å². The molecule has 0 atom stereocenters. The molecule has 0 fully saturated rings. The Morgan fingerprint density at radius 2 is 1.70 bits per heavy atom. The van der Waals surface area contributed by atoms with Crippen LogP contribution in [0, 0.1) is 9.49 Å². The first-order chi connectivity index (χ1) is 10.9. The average Bonchev–Trinajstić information content (AvgIpc) is 2.49. The molecule has 0 radical (unpaired) electrons. The van der Waals surface area contributed by atoms with Crippen molar-refractivity contribution < 1.29 is 23.9 Å². The van der Waals surface area contributed by atoms with E-state index >= 15 is 0 Å². The van der Waals surface area contributed by atoms with Crippen molar-refractivity contribution in [3.63, 3.8) is 0 Å². The molecule has 2 N–H and O–H groups in total. The zero-order chi connectivity index (χ0) is 17.4. The maximum atomic E-state index is 11.9. The minimum atomic E-state index is -0.970. The highest BCUT2D eigenvalue weighted by Crippen LogP contribution is 2.20. The summed E-state index contributed by atoms with van der Waals surface area (Å²) in [6, 6.07) is 5.10. The van der Waals surface area contributed by atoms with E-state index in [1.807, 2.05) is 0 Å². The summed E-state index contributed by atoms with van der Waals surface area (Å²) in [5.74, 6) is -2.67. The van der Waals surface area contributed by atoms with Crippen LogP contribution in [0.1, 0.15) is 36.2 Å². The summed E-state index contributed by atoms with van der Waals surface area (Å²) in [7, 11) is 0. The third-order valence-corrected chi connectivity index (χ3v) is 4.23. The van der Waals surface area contributed by atoms with E-state index in [1.54, 1.807) is 32.0 Å². The van der Waals surface area contributed by atoms with E-state index in [2.05, 4.69) is 22.6 Å². The SMILES string of the molecule is CCOC(=O)C(CCc1cc(C(N)=O)ccc1I)C(=O)OCC. The van der Waals surface area contributed by atoms with Crippen molar-refractivity contribution in [1.82, 2.24) is 0 Å². The molecule has 0 spiro atoms. The van der Waals surface area contributed by atoms with Gasteiger partial charge in [0, 0.05) is 9.13 Å². The van der Waals surface area contributed by atoms with Gasteiger partial charge in [0.1, 0.15) is 0 Å². The van der Waals surface area contributed by atoms with Crippen LogP contribution in [0.25, 0.3) is 0 Å². The van der Waals surface area contributed by atoms with Gasteiger partial charge >= 0.3 is 11.9 Å². The van der Waals surface area contributed by atoms with Gasteiger partial charge in [0.2, 0.25) is 5.91 Å². The molecule has 6 nitrogen and oxygen atoms in total. The molecule has 0 saturated heterocycles. The van der Waals surface area contributed by atoms with Gasteiger partial charge in [-0.1, -0.05) is 0 Å². The van der Waals surface area contributed by atoms with Gasteiger partial charge in [-0.3, -0.25) is 14.4 Å². The lowest BCUT2D eigenvalue weighted by Gasteiger charge is -2.15. The van der Waals surface area contributed by atoms with Crippen molar-refractivity contribution in [2.24, 2.45) is 11.7 Å². The molecule has 1 rings (SSSR count). The topological polar surface area (TPSA) is 95.7 Å². The molecule has 0 aliphatic carbocycles. The third-order valence-electron chi connectivity index (χ3n) is 3.17. The van der Waals surface area contributed by atoms with Gasteiger partial charge in [-0.05, 0) is 73.0 Å². The van der Waals surface area contributed by atoms with Crippen LogP contribution in [-0.2, 0) is 25.5 Å². The predicted molar refractivity (Wildman–Crippen MR) is 92.8 cm³/mol. The Bertz CT molecular complexity index is 570. The molecular formula is C16H20INO5. The number of esters is 2. The second-order valence-corrected chi connectivity index (χ2v) is 5.93. The number of rotatable bonds is 8. The van der Waals surface area contributed by atoms with Crippen molar-refractivity contribution in [2.75, 3.05) is 13.2 Å². The van der Waals surface area contributed by atoms with E-state index in [9.17, 15) is 14.4 Å². The second-order valence-electron chi connectivity index (χ2n) is 4.77. The van der Waals surface area contributed by atoms with E-state index in [0.717, 1.165) is 9.13 Å². The zero-order valence-electron chi connectivity index (χ0n) is 13.1. The molecule has 0 aliphatic heterocycles. The number of hydrogen-bond donors (Lipinski definition) is 1. The number of ether oxygens (including phenoxy) is 2. The van der Waals surface area contributed by atoms with Crippen molar-refractivity contribution in [3.05, 3.63) is 32.9 Å². The number of aryl methyl sites for hydroxylation is 1. The van der Waals surface area contributed by atoms with E-state index in [0.29, 0.717) is 12.0 Å². The second kappa shape index (κ2) is 9.49. The summed E-state index contributed by atoms with van der Waals surface area (Å²) >= 11 is 2.13. The first kappa shape index (κ1) is 19.4. The molecule has 0 aromatic heterocycles. The fourth-order valence-electron chi connectivity index (χ4n) is 2.04. The molecule has 0 aliphatic rings. The lowest BCUT2D eigenvalue weighted by molar-refractivity contribution is -0.161. The van der Waals surface area contributed by atoms with Crippen molar-refractivity contribution in [2.45, 2.75) is 26.7 Å². The monoisotopic (exact) mass is 433 g/mol. The minimum Gasteiger partial charge on any atom is -0.465 e. The first-order valence-electron chi connectivity index (χ1n) is 7.32. The van der Waals surface area contributed by atoms with E-state index in [-0.39, 0.29) is 19.6 Å². The summed E-state index contributed by atoms with van der Waals surface area (Å²) < 4.78 is 10.8. The Labute approximate surface area is 148 Å². The Morgan fingerprint density at radius 1 is 1.13 bits per heavy atom. The lowest BCUT2D eigenvalue weighted by atomic mass is 9.98. The van der Waals surface area contributed by atoms with Crippen molar-refractivity contribution in [1.29, 1.82) is 0 Å². The van der Waals surface area contributed by atoms with E-state index in [1.165, 1.54) is 0 Å². The first-order valence-corrected chi connectivity index (χ1v) is 8.40. The van der Waals surface area contributed by atoms with Crippen LogP contribution < -0.4 is 5.73 Å². The highest BCUT2D eigenvalue weighted by Gasteiger charge is 2.29. The van der Waals surface area contributed by atoms with Crippen LogP contribution >= 0.6 is 22.6 Å². The van der Waals surface area contributed by atoms with Crippen molar-refractivity contribution >= 4 is 40.4 Å². The average molecular weight is 433 g/mol. The summed E-state index contributed by atoms with van der Waals surface area (Å²) in [6.07, 6.45) is 0.678. The van der Waals surface area contributed by atoms with Crippen LogP contribution in [0.15, 0.2) is 18.2 Å². The Morgan fingerprint density at radius 3 is 2.17 bits per heavy atom. The number of carbonyl (C=O) groups excluding carboxylic acids is 3. The number of nitrogens with two attached hydrogens (primary N) is 1. The highest BCUT2D eigenvalue weighted by atomic mass is 127. The van der Waals surface area contributed by atoms with Gasteiger partial charge in [0.25, 0.3) is 0 Å². The van der Waals surface area contributed by atoms with Crippen LogP contribution in [0.4, 0.5) is 0 Å². The maximum absolute atomic E-state index is 11.9. The van der Waals surface area contributed by atoms with Gasteiger partial charge in [-0.25, -0.2) is 0 Å². The standard InChI is InChI=1S/C16H20INO5/c1-3-22-15(20)12(16(21)23-4-2)7-5-10-9-11(14(18)19)6-8-13(10)17/h6,8-9,12H,3-5,7H2,1-2H3,(H2,18,19). The van der Waals surface area contributed by atoms with Gasteiger partial charge in [0.15, 0.2) is 5.92 Å². The number of carbonyl (C=O) groups is 3. The smallest absolute Gasteiger partial charge is 0.320 e. The number of halogens is 1. The largest absolute Gasteiger partial charge is 0.465 e. The number of primary amides is 1. The molecular weight excluding hydrogens is 413 g/mol. The van der Waals surface area contributed by atoms with Crippen LogP contribution in [0.2, 0.25) is 0 Å². The Kier molecular flexibility index (Phi) is 8.01. The van der Waals surface area contributed by atoms with Gasteiger partial charge in [-0.2, -0.15) is 0 Å². The molecule has 23 heavy (non-hydrogen) atoms. The lowest BCUT2D eigenvalue weighted by Crippen LogP contribution is -2.28. The molecule has 0 bridgehead atoms. The molecule has 0 heterocycles.